The van der Waals surface area contributed by atoms with Gasteiger partial charge >= 0.3 is 5.97 Å². The maximum atomic E-state index is 14.2. The van der Waals surface area contributed by atoms with E-state index in [4.69, 9.17) is 9.47 Å². The lowest BCUT2D eigenvalue weighted by Crippen LogP contribution is -2.57. The summed E-state index contributed by atoms with van der Waals surface area (Å²) in [7, 11) is 0. The fraction of sp³-hybridized carbons (Fsp3) is 0.235. The van der Waals surface area contributed by atoms with Crippen LogP contribution in [0.1, 0.15) is 22.5 Å². The zero-order chi connectivity index (χ0) is 33.0. The predicted molar refractivity (Wildman–Crippen MR) is 169 cm³/mol. The van der Waals surface area contributed by atoms with Gasteiger partial charge in [0.15, 0.2) is 5.72 Å². The van der Waals surface area contributed by atoms with Crippen LogP contribution in [0.5, 0.6) is 0 Å². The minimum Gasteiger partial charge on any atom is -0.460 e. The van der Waals surface area contributed by atoms with Crippen LogP contribution in [0.3, 0.4) is 0 Å². The molecule has 3 heterocycles. The van der Waals surface area contributed by atoms with Crippen LogP contribution in [-0.2, 0) is 35.3 Å². The number of nitrogens with one attached hydrogen (secondary N) is 2. The maximum absolute atomic E-state index is 14.2. The van der Waals surface area contributed by atoms with Crippen LogP contribution in [-0.4, -0.2) is 77.8 Å². The predicted octanol–water partition coefficient (Wildman–Crippen LogP) is 1.68. The second-order valence-corrected chi connectivity index (χ2v) is 11.1. The number of para-hydroxylation sites is 2. The number of hydrogen-bond acceptors (Lipinski definition) is 9. The number of aliphatic hydroxyl groups excluding tert-OH is 1. The van der Waals surface area contributed by atoms with Gasteiger partial charge in [-0.25, -0.2) is 0 Å². The van der Waals surface area contributed by atoms with Crippen LogP contribution in [0, 0.1) is 0 Å². The molecule has 0 radical (unpaired) electrons. The first-order chi connectivity index (χ1) is 22.8. The fourth-order valence-corrected chi connectivity index (χ4v) is 5.68. The molecule has 2 atom stereocenters. The van der Waals surface area contributed by atoms with Gasteiger partial charge in [-0.3, -0.25) is 33.9 Å². The Bertz CT molecular complexity index is 1850. The Kier molecular flexibility index (Phi) is 8.91. The summed E-state index contributed by atoms with van der Waals surface area (Å²) < 4.78 is 11.2. The molecule has 1 saturated heterocycles. The summed E-state index contributed by atoms with van der Waals surface area (Å²) in [5, 5.41) is 16.5. The molecule has 4 aromatic rings. The monoisotopic (exact) mass is 637 g/mol. The van der Waals surface area contributed by atoms with Gasteiger partial charge in [0.05, 0.1) is 30.9 Å². The van der Waals surface area contributed by atoms with E-state index in [1.54, 1.807) is 42.5 Å². The van der Waals surface area contributed by atoms with E-state index < -0.39 is 54.5 Å². The molecule has 240 valence electrons. The molecule has 0 saturated carbocycles. The number of aromatic nitrogens is 1. The van der Waals surface area contributed by atoms with Crippen LogP contribution < -0.4 is 20.4 Å². The van der Waals surface area contributed by atoms with Gasteiger partial charge in [0.1, 0.15) is 31.5 Å². The number of fused-ring (bicyclic) bond motifs is 2. The highest BCUT2D eigenvalue weighted by Gasteiger charge is 2.44. The lowest BCUT2D eigenvalue weighted by Gasteiger charge is -2.30. The number of hydrogen-bond donors (Lipinski definition) is 3. The molecule has 13 nitrogen and oxygen atoms in total. The third kappa shape index (κ3) is 6.66. The van der Waals surface area contributed by atoms with E-state index in [9.17, 15) is 29.1 Å². The second kappa shape index (κ2) is 13.4. The van der Waals surface area contributed by atoms with Gasteiger partial charge in [-0.15, -0.1) is 0 Å². The minimum atomic E-state index is -1.48. The Labute approximate surface area is 269 Å². The van der Waals surface area contributed by atoms with Crippen molar-refractivity contribution in [2.45, 2.75) is 24.8 Å². The molecule has 2 aliphatic heterocycles. The summed E-state index contributed by atoms with van der Waals surface area (Å²) in [6, 6.07) is 23.1. The maximum Gasteiger partial charge on any atom is 0.311 e. The van der Waals surface area contributed by atoms with Crippen molar-refractivity contribution in [3.8, 4) is 0 Å². The Morgan fingerprint density at radius 2 is 1.68 bits per heavy atom. The molecule has 4 amide bonds. The molecular formula is C34H31N5O8. The topological polar surface area (TPSA) is 167 Å². The molecule has 1 aromatic heterocycles. The Balaban J connectivity index is 1.29. The number of anilines is 2. The Hall–Kier alpha value is -5.66. The van der Waals surface area contributed by atoms with Gasteiger partial charge in [-0.05, 0) is 29.1 Å². The summed E-state index contributed by atoms with van der Waals surface area (Å²) in [6.45, 7) is -1.89. The number of rotatable bonds is 9. The number of esters is 1. The van der Waals surface area contributed by atoms with Crippen LogP contribution in [0.4, 0.5) is 11.4 Å². The molecule has 0 bridgehead atoms. The fourth-order valence-electron chi connectivity index (χ4n) is 5.68. The second-order valence-electron chi connectivity index (χ2n) is 11.1. The number of benzene rings is 3. The molecule has 2 aliphatic rings. The summed E-state index contributed by atoms with van der Waals surface area (Å²) >= 11 is 0. The summed E-state index contributed by atoms with van der Waals surface area (Å²) in [6.07, 6.45) is 1.24. The molecule has 3 N–H and O–H groups in total. The highest BCUT2D eigenvalue weighted by atomic mass is 16.6. The first-order valence-corrected chi connectivity index (χ1v) is 14.9. The van der Waals surface area contributed by atoms with Crippen molar-refractivity contribution in [2.24, 2.45) is 0 Å². The molecule has 13 heteroatoms. The van der Waals surface area contributed by atoms with E-state index in [2.05, 4.69) is 15.6 Å². The van der Waals surface area contributed by atoms with Crippen LogP contribution in [0.2, 0.25) is 0 Å². The molecule has 47 heavy (non-hydrogen) atoms. The van der Waals surface area contributed by atoms with Gasteiger partial charge in [0.2, 0.25) is 5.91 Å². The normalized spacial score (nSPS) is 19.1. The summed E-state index contributed by atoms with van der Waals surface area (Å²) in [5.41, 5.74) is -0.143. The number of pyridine rings is 1. The van der Waals surface area contributed by atoms with E-state index in [1.807, 2.05) is 42.5 Å². The zero-order valence-electron chi connectivity index (χ0n) is 25.1. The van der Waals surface area contributed by atoms with E-state index in [0.717, 1.165) is 15.8 Å². The number of cyclic esters (lactones) is 1. The molecule has 0 unspecified atom stereocenters. The number of amides is 4. The summed E-state index contributed by atoms with van der Waals surface area (Å²) in [5.74, 6) is -3.30. The molecule has 1 fully saturated rings. The number of carbonyl (C=O) groups excluding carboxylic acids is 5. The van der Waals surface area contributed by atoms with Crippen LogP contribution in [0.25, 0.3) is 10.8 Å². The van der Waals surface area contributed by atoms with Crippen molar-refractivity contribution in [2.75, 3.05) is 36.1 Å². The van der Waals surface area contributed by atoms with Crippen molar-refractivity contribution in [3.63, 3.8) is 0 Å². The van der Waals surface area contributed by atoms with Gasteiger partial charge < -0.3 is 30.1 Å². The van der Waals surface area contributed by atoms with E-state index in [-0.39, 0.29) is 43.2 Å². The standard InChI is InChI=1S/C34H31N5O8/c40-19-29(42)38-17-25(36-32(44)31-24-11-5-4-10-23(24)14-15-35-31)33(45)39(27-13-7-6-12-26(27)38)18-28(41)37-34(16-30(43)46-21-34)47-20-22-8-2-1-3-9-22/h1-15,25,40H,16-21H2,(H,36,44)(H,37,41)/t25-,34-/m0/s1. The quantitative estimate of drug-likeness (QED) is 0.183. The number of nitrogens with zero attached hydrogens (tertiary/aromatic N) is 3. The number of ether oxygens (including phenoxy) is 2. The minimum absolute atomic E-state index is 0.0744. The lowest BCUT2D eigenvalue weighted by atomic mass is 10.1. The van der Waals surface area contributed by atoms with Crippen molar-refractivity contribution in [1.29, 1.82) is 0 Å². The SMILES string of the molecule is O=C(CN1C(=O)[C@@H](NC(=O)c2nccc3ccccc23)CN(C(=O)CO)c2ccccc21)N[C@@]1(OCc2ccccc2)COC(=O)C1. The average molecular weight is 638 g/mol. The van der Waals surface area contributed by atoms with Crippen molar-refractivity contribution in [3.05, 3.63) is 102 Å². The number of aliphatic hydroxyl groups is 1. The van der Waals surface area contributed by atoms with E-state index >= 15 is 0 Å². The van der Waals surface area contributed by atoms with Gasteiger partial charge in [0.25, 0.3) is 17.7 Å². The Morgan fingerprint density at radius 3 is 2.43 bits per heavy atom. The Morgan fingerprint density at radius 1 is 0.957 bits per heavy atom. The van der Waals surface area contributed by atoms with Gasteiger partial charge in [-0.2, -0.15) is 0 Å². The number of carbonyl (C=O) groups is 5. The molecule has 3 aromatic carbocycles. The first kappa shape index (κ1) is 31.3. The smallest absolute Gasteiger partial charge is 0.311 e. The average Bonchev–Trinajstić information content (AvgIpc) is 3.42. The zero-order valence-corrected chi connectivity index (χ0v) is 25.1. The molecule has 0 spiro atoms. The summed E-state index contributed by atoms with van der Waals surface area (Å²) in [4.78, 5) is 73.2. The third-order valence-corrected chi connectivity index (χ3v) is 7.95. The highest BCUT2D eigenvalue weighted by molar-refractivity contribution is 6.12. The molecule has 0 aliphatic carbocycles. The highest BCUT2D eigenvalue weighted by Crippen LogP contribution is 2.33. The lowest BCUT2D eigenvalue weighted by molar-refractivity contribution is -0.138. The van der Waals surface area contributed by atoms with E-state index in [0.29, 0.717) is 5.39 Å². The molecule has 6 rings (SSSR count). The van der Waals surface area contributed by atoms with Crippen LogP contribution in [0.15, 0.2) is 91.1 Å². The first-order valence-electron chi connectivity index (χ1n) is 14.9. The van der Waals surface area contributed by atoms with Crippen LogP contribution >= 0.6 is 0 Å². The van der Waals surface area contributed by atoms with E-state index in [1.165, 1.54) is 11.1 Å². The van der Waals surface area contributed by atoms with Crippen molar-refractivity contribution >= 4 is 51.7 Å². The van der Waals surface area contributed by atoms with Gasteiger partial charge in [0, 0.05) is 11.6 Å². The largest absolute Gasteiger partial charge is 0.460 e. The van der Waals surface area contributed by atoms with Gasteiger partial charge in [-0.1, -0.05) is 66.7 Å². The van der Waals surface area contributed by atoms with Crippen molar-refractivity contribution in [1.82, 2.24) is 15.6 Å². The van der Waals surface area contributed by atoms with Crippen molar-refractivity contribution < 1.29 is 38.6 Å². The molecular weight excluding hydrogens is 606 g/mol. The third-order valence-electron chi connectivity index (χ3n) is 7.95.